The van der Waals surface area contributed by atoms with Gasteiger partial charge in [-0.1, -0.05) is 43.2 Å². The summed E-state index contributed by atoms with van der Waals surface area (Å²) in [7, 11) is 0. The number of amides is 2. The summed E-state index contributed by atoms with van der Waals surface area (Å²) < 4.78 is 0. The molecular formula is C16H21N3O. The molecule has 2 aliphatic rings. The van der Waals surface area contributed by atoms with Gasteiger partial charge < -0.3 is 10.6 Å². The lowest BCUT2D eigenvalue weighted by Gasteiger charge is -2.39. The first-order valence-electron chi connectivity index (χ1n) is 7.32. The first kappa shape index (κ1) is 13.2. The maximum Gasteiger partial charge on any atom is 0.346 e. The Morgan fingerprint density at radius 2 is 1.95 bits per heavy atom. The summed E-state index contributed by atoms with van der Waals surface area (Å²) in [5, 5.41) is 0. The highest BCUT2D eigenvalue weighted by Gasteiger charge is 2.50. The molecule has 0 bridgehead atoms. The van der Waals surface area contributed by atoms with Crippen LogP contribution in [0.3, 0.4) is 0 Å². The minimum Gasteiger partial charge on any atom is -0.385 e. The Labute approximate surface area is 119 Å². The predicted octanol–water partition coefficient (Wildman–Crippen LogP) is 2.93. The number of urea groups is 1. The Hall–Kier alpha value is -1.84. The average molecular weight is 271 g/mol. The summed E-state index contributed by atoms with van der Waals surface area (Å²) in [4.78, 5) is 18.1. The molecule has 1 saturated carbocycles. The van der Waals surface area contributed by atoms with E-state index in [0.29, 0.717) is 18.3 Å². The first-order valence-corrected chi connectivity index (χ1v) is 7.32. The SMILES string of the molecule is CC1(C2CCCC2)C(N)=NC(=O)N1Cc1ccccc1. The number of amidine groups is 1. The van der Waals surface area contributed by atoms with Crippen LogP contribution in [0, 0.1) is 5.92 Å². The van der Waals surface area contributed by atoms with Crippen LogP contribution in [0.25, 0.3) is 0 Å². The molecule has 20 heavy (non-hydrogen) atoms. The molecule has 1 aromatic carbocycles. The number of hydrogen-bond acceptors (Lipinski definition) is 2. The molecule has 0 saturated heterocycles. The average Bonchev–Trinajstić information content (AvgIpc) is 3.05. The van der Waals surface area contributed by atoms with E-state index in [1.165, 1.54) is 12.8 Å². The van der Waals surface area contributed by atoms with Gasteiger partial charge in [-0.3, -0.25) is 0 Å². The van der Waals surface area contributed by atoms with Crippen LogP contribution in [-0.2, 0) is 6.54 Å². The largest absolute Gasteiger partial charge is 0.385 e. The lowest BCUT2D eigenvalue weighted by molar-refractivity contribution is 0.137. The number of carbonyl (C=O) groups is 1. The zero-order valence-corrected chi connectivity index (χ0v) is 11.9. The van der Waals surface area contributed by atoms with Crippen molar-refractivity contribution in [3.63, 3.8) is 0 Å². The van der Waals surface area contributed by atoms with Gasteiger partial charge in [-0.25, -0.2) is 4.79 Å². The molecule has 2 amide bonds. The van der Waals surface area contributed by atoms with Crippen molar-refractivity contribution in [2.24, 2.45) is 16.6 Å². The van der Waals surface area contributed by atoms with E-state index < -0.39 is 5.54 Å². The monoisotopic (exact) mass is 271 g/mol. The molecule has 2 N–H and O–H groups in total. The number of rotatable bonds is 3. The van der Waals surface area contributed by atoms with Gasteiger partial charge in [-0.05, 0) is 31.2 Å². The van der Waals surface area contributed by atoms with Gasteiger partial charge in [-0.15, -0.1) is 0 Å². The number of nitrogens with two attached hydrogens (primary N) is 1. The Bertz CT molecular complexity index is 534. The molecule has 0 aromatic heterocycles. The highest BCUT2D eigenvalue weighted by atomic mass is 16.2. The summed E-state index contributed by atoms with van der Waals surface area (Å²) in [6, 6.07) is 9.85. The van der Waals surface area contributed by atoms with Crippen LogP contribution < -0.4 is 5.73 Å². The lowest BCUT2D eigenvalue weighted by atomic mass is 9.82. The van der Waals surface area contributed by atoms with Crippen molar-refractivity contribution in [3.8, 4) is 0 Å². The molecule has 1 unspecified atom stereocenters. The molecule has 1 atom stereocenters. The highest BCUT2D eigenvalue weighted by molar-refractivity contribution is 6.05. The van der Waals surface area contributed by atoms with Gasteiger partial charge in [-0.2, -0.15) is 4.99 Å². The van der Waals surface area contributed by atoms with Crippen molar-refractivity contribution in [2.45, 2.75) is 44.7 Å². The summed E-state index contributed by atoms with van der Waals surface area (Å²) in [6.07, 6.45) is 4.71. The molecule has 1 aromatic rings. The van der Waals surface area contributed by atoms with Crippen molar-refractivity contribution < 1.29 is 4.79 Å². The number of nitrogens with zero attached hydrogens (tertiary/aromatic N) is 2. The Kier molecular flexibility index (Phi) is 3.24. The van der Waals surface area contributed by atoms with Crippen molar-refractivity contribution in [2.75, 3.05) is 0 Å². The molecule has 3 rings (SSSR count). The van der Waals surface area contributed by atoms with Gasteiger partial charge in [0.25, 0.3) is 0 Å². The third kappa shape index (κ3) is 1.99. The highest BCUT2D eigenvalue weighted by Crippen LogP contribution is 2.41. The molecular weight excluding hydrogens is 250 g/mol. The Morgan fingerprint density at radius 3 is 2.60 bits per heavy atom. The van der Waals surface area contributed by atoms with Gasteiger partial charge in [0.05, 0.1) is 0 Å². The summed E-state index contributed by atoms with van der Waals surface area (Å²) >= 11 is 0. The maximum atomic E-state index is 12.2. The second-order valence-electron chi connectivity index (χ2n) is 5.98. The maximum absolute atomic E-state index is 12.2. The van der Waals surface area contributed by atoms with E-state index in [1.54, 1.807) is 0 Å². The number of aliphatic imine (C=N–C) groups is 1. The van der Waals surface area contributed by atoms with Crippen LogP contribution in [0.5, 0.6) is 0 Å². The fourth-order valence-corrected chi connectivity index (χ4v) is 3.53. The van der Waals surface area contributed by atoms with Gasteiger partial charge in [0, 0.05) is 6.54 Å². The van der Waals surface area contributed by atoms with Crippen LogP contribution in [0.2, 0.25) is 0 Å². The fraction of sp³-hybridized carbons (Fsp3) is 0.500. The van der Waals surface area contributed by atoms with E-state index >= 15 is 0 Å². The van der Waals surface area contributed by atoms with Crippen LogP contribution in [0.15, 0.2) is 35.3 Å². The van der Waals surface area contributed by atoms with E-state index in [-0.39, 0.29) is 6.03 Å². The number of benzene rings is 1. The van der Waals surface area contributed by atoms with Crippen LogP contribution in [-0.4, -0.2) is 22.3 Å². The third-order valence-electron chi connectivity index (χ3n) is 4.86. The van der Waals surface area contributed by atoms with E-state index in [1.807, 2.05) is 35.2 Å². The summed E-state index contributed by atoms with van der Waals surface area (Å²) in [5.74, 6) is 0.923. The molecule has 1 aliphatic carbocycles. The fourth-order valence-electron chi connectivity index (χ4n) is 3.53. The minimum absolute atomic E-state index is 0.194. The van der Waals surface area contributed by atoms with Crippen molar-refractivity contribution in [1.29, 1.82) is 0 Å². The Morgan fingerprint density at radius 1 is 1.30 bits per heavy atom. The minimum atomic E-state index is -0.413. The lowest BCUT2D eigenvalue weighted by Crippen LogP contribution is -2.55. The standard InChI is InChI=1S/C16H21N3O/c1-16(13-9-5-6-10-13)14(17)18-15(20)19(16)11-12-7-3-2-4-8-12/h2-4,7-8,13H,5-6,9-11H2,1H3,(H2,17,18,20). The smallest absolute Gasteiger partial charge is 0.346 e. The van der Waals surface area contributed by atoms with Crippen molar-refractivity contribution >= 4 is 11.9 Å². The summed E-state index contributed by atoms with van der Waals surface area (Å²) in [6.45, 7) is 2.66. The van der Waals surface area contributed by atoms with E-state index in [2.05, 4.69) is 11.9 Å². The molecule has 0 spiro atoms. The molecule has 4 heteroatoms. The molecule has 4 nitrogen and oxygen atoms in total. The molecule has 106 valence electrons. The van der Waals surface area contributed by atoms with Crippen molar-refractivity contribution in [1.82, 2.24) is 4.90 Å². The zero-order valence-electron chi connectivity index (χ0n) is 11.9. The second-order valence-corrected chi connectivity index (χ2v) is 5.98. The van der Waals surface area contributed by atoms with Crippen LogP contribution in [0.1, 0.15) is 38.2 Å². The normalized spacial score (nSPS) is 27.1. The third-order valence-corrected chi connectivity index (χ3v) is 4.86. The van der Waals surface area contributed by atoms with Gasteiger partial charge in [0.2, 0.25) is 0 Å². The quantitative estimate of drug-likeness (QED) is 0.919. The van der Waals surface area contributed by atoms with Crippen LogP contribution in [0.4, 0.5) is 4.79 Å². The van der Waals surface area contributed by atoms with E-state index in [9.17, 15) is 4.79 Å². The number of carbonyl (C=O) groups excluding carboxylic acids is 1. The molecule has 0 radical (unpaired) electrons. The molecule has 1 aliphatic heterocycles. The predicted molar refractivity (Wildman–Crippen MR) is 79.4 cm³/mol. The molecule has 1 fully saturated rings. The Balaban J connectivity index is 1.89. The van der Waals surface area contributed by atoms with Crippen molar-refractivity contribution in [3.05, 3.63) is 35.9 Å². The van der Waals surface area contributed by atoms with Gasteiger partial charge in [0.15, 0.2) is 0 Å². The van der Waals surface area contributed by atoms with Crippen LogP contribution >= 0.6 is 0 Å². The van der Waals surface area contributed by atoms with Gasteiger partial charge in [0.1, 0.15) is 11.4 Å². The first-order chi connectivity index (χ1) is 9.62. The van der Waals surface area contributed by atoms with Gasteiger partial charge >= 0.3 is 6.03 Å². The van der Waals surface area contributed by atoms with E-state index in [4.69, 9.17) is 5.73 Å². The zero-order chi connectivity index (χ0) is 14.2. The number of hydrogen-bond donors (Lipinski definition) is 1. The topological polar surface area (TPSA) is 58.7 Å². The second kappa shape index (κ2) is 4.93. The van der Waals surface area contributed by atoms with E-state index in [0.717, 1.165) is 18.4 Å². The summed E-state index contributed by atoms with van der Waals surface area (Å²) in [5.41, 5.74) is 6.82. The molecule has 1 heterocycles.